The molecule has 0 aromatic heterocycles. The third-order valence-corrected chi connectivity index (χ3v) is 3.20. The van der Waals surface area contributed by atoms with Gasteiger partial charge in [0.25, 0.3) is 0 Å². The van der Waals surface area contributed by atoms with Crippen LogP contribution in [0.1, 0.15) is 11.1 Å². The Bertz CT molecular complexity index is 464. The van der Waals surface area contributed by atoms with E-state index in [-0.39, 0.29) is 12.0 Å². The molecule has 0 spiro atoms. The number of β-amino-alcohol motifs (C(OH)–C–C–N with tert-alkyl or cyclic N) is 1. The maximum Gasteiger partial charge on any atom is 0.246 e. The van der Waals surface area contributed by atoms with Crippen molar-refractivity contribution < 1.29 is 9.90 Å². The predicted molar refractivity (Wildman–Crippen MR) is 67.8 cm³/mol. The molecule has 0 atom stereocenters. The second kappa shape index (κ2) is 4.90. The molecule has 0 aliphatic carbocycles. The van der Waals surface area contributed by atoms with E-state index in [1.54, 1.807) is 11.0 Å². The van der Waals surface area contributed by atoms with E-state index in [0.29, 0.717) is 18.1 Å². The first-order valence-electron chi connectivity index (χ1n) is 5.47. The number of aryl methyl sites for hydroxylation is 1. The summed E-state index contributed by atoms with van der Waals surface area (Å²) in [5.41, 5.74) is 1.91. The minimum Gasteiger partial charge on any atom is -0.389 e. The van der Waals surface area contributed by atoms with Gasteiger partial charge < -0.3 is 10.0 Å². The van der Waals surface area contributed by atoms with Gasteiger partial charge in [-0.15, -0.1) is 0 Å². The summed E-state index contributed by atoms with van der Waals surface area (Å²) < 4.78 is 0. The molecule has 1 aromatic carbocycles. The van der Waals surface area contributed by atoms with Crippen LogP contribution in [0.5, 0.6) is 0 Å². The molecule has 3 nitrogen and oxygen atoms in total. The van der Waals surface area contributed by atoms with Gasteiger partial charge in [0.2, 0.25) is 5.91 Å². The first-order valence-corrected chi connectivity index (χ1v) is 5.85. The third kappa shape index (κ3) is 2.87. The molecule has 0 saturated carbocycles. The van der Waals surface area contributed by atoms with Gasteiger partial charge in [-0.3, -0.25) is 4.79 Å². The van der Waals surface area contributed by atoms with Crippen LogP contribution < -0.4 is 0 Å². The molecule has 1 N–H and O–H groups in total. The maximum atomic E-state index is 11.6. The largest absolute Gasteiger partial charge is 0.389 e. The Balaban J connectivity index is 2.00. The van der Waals surface area contributed by atoms with E-state index in [0.717, 1.165) is 11.1 Å². The number of hydrogen-bond donors (Lipinski definition) is 1. The zero-order valence-corrected chi connectivity index (χ0v) is 10.3. The van der Waals surface area contributed by atoms with Gasteiger partial charge in [-0.05, 0) is 30.2 Å². The van der Waals surface area contributed by atoms with Gasteiger partial charge in [-0.25, -0.2) is 0 Å². The Morgan fingerprint density at radius 2 is 2.24 bits per heavy atom. The Labute approximate surface area is 105 Å². The molecule has 1 aliphatic rings. The van der Waals surface area contributed by atoms with Crippen molar-refractivity contribution in [3.63, 3.8) is 0 Å². The first-order chi connectivity index (χ1) is 8.06. The predicted octanol–water partition coefficient (Wildman–Crippen LogP) is 1.86. The zero-order valence-electron chi connectivity index (χ0n) is 9.56. The maximum absolute atomic E-state index is 11.6. The summed E-state index contributed by atoms with van der Waals surface area (Å²) in [5.74, 6) is -0.0769. The van der Waals surface area contributed by atoms with E-state index in [2.05, 4.69) is 0 Å². The average molecular weight is 252 g/mol. The number of aliphatic hydroxyl groups excluding tert-OH is 1. The van der Waals surface area contributed by atoms with Crippen molar-refractivity contribution in [2.24, 2.45) is 0 Å². The Morgan fingerprint density at radius 3 is 2.82 bits per heavy atom. The van der Waals surface area contributed by atoms with Gasteiger partial charge in [0.1, 0.15) is 0 Å². The number of rotatable bonds is 2. The number of aliphatic hydroxyl groups is 1. The van der Waals surface area contributed by atoms with E-state index in [9.17, 15) is 4.79 Å². The topological polar surface area (TPSA) is 40.5 Å². The van der Waals surface area contributed by atoms with Crippen molar-refractivity contribution in [2.75, 3.05) is 13.1 Å². The van der Waals surface area contributed by atoms with Crippen LogP contribution in [0.4, 0.5) is 0 Å². The number of amides is 1. The Morgan fingerprint density at radius 1 is 1.53 bits per heavy atom. The van der Waals surface area contributed by atoms with E-state index in [1.807, 2.05) is 25.1 Å². The molecule has 0 bridgehead atoms. The average Bonchev–Trinajstić information content (AvgIpc) is 2.26. The minimum atomic E-state index is -0.360. The van der Waals surface area contributed by atoms with Crippen molar-refractivity contribution >= 4 is 23.6 Å². The van der Waals surface area contributed by atoms with Crippen LogP contribution in [0, 0.1) is 6.92 Å². The number of nitrogens with zero attached hydrogens (tertiary/aromatic N) is 1. The lowest BCUT2D eigenvalue weighted by atomic mass is 10.1. The van der Waals surface area contributed by atoms with Crippen molar-refractivity contribution in [1.29, 1.82) is 0 Å². The summed E-state index contributed by atoms with van der Waals surface area (Å²) in [4.78, 5) is 13.2. The van der Waals surface area contributed by atoms with Crippen LogP contribution in [0.15, 0.2) is 24.3 Å². The SMILES string of the molecule is Cc1ccc(C=CC(=O)N2CC(O)C2)cc1Cl. The fourth-order valence-electron chi connectivity index (χ4n) is 1.62. The van der Waals surface area contributed by atoms with Gasteiger partial charge >= 0.3 is 0 Å². The fraction of sp³-hybridized carbons (Fsp3) is 0.308. The molecule has 1 saturated heterocycles. The van der Waals surface area contributed by atoms with Crippen LogP contribution in [0.25, 0.3) is 6.08 Å². The zero-order chi connectivity index (χ0) is 12.4. The van der Waals surface area contributed by atoms with Gasteiger partial charge in [-0.2, -0.15) is 0 Å². The Hall–Kier alpha value is -1.32. The lowest BCUT2D eigenvalue weighted by Crippen LogP contribution is -2.52. The highest BCUT2D eigenvalue weighted by Crippen LogP contribution is 2.17. The molecular weight excluding hydrogens is 238 g/mol. The van der Waals surface area contributed by atoms with Crippen LogP contribution in [-0.4, -0.2) is 35.1 Å². The molecule has 0 radical (unpaired) electrons. The molecule has 1 aromatic rings. The van der Waals surface area contributed by atoms with E-state index in [4.69, 9.17) is 16.7 Å². The molecule has 1 amide bonds. The molecule has 1 aliphatic heterocycles. The molecular formula is C13H14ClNO2. The highest BCUT2D eigenvalue weighted by atomic mass is 35.5. The lowest BCUT2D eigenvalue weighted by molar-refractivity contribution is -0.135. The standard InChI is InChI=1S/C13H14ClNO2/c1-9-2-3-10(6-12(9)14)4-5-13(17)15-7-11(16)8-15/h2-6,11,16H,7-8H2,1H3. The molecule has 4 heteroatoms. The van der Waals surface area contributed by atoms with Crippen LogP contribution in [0.3, 0.4) is 0 Å². The van der Waals surface area contributed by atoms with Crippen molar-refractivity contribution in [2.45, 2.75) is 13.0 Å². The summed E-state index contributed by atoms with van der Waals surface area (Å²) in [6, 6.07) is 5.65. The molecule has 1 fully saturated rings. The summed E-state index contributed by atoms with van der Waals surface area (Å²) in [6.45, 7) is 2.79. The van der Waals surface area contributed by atoms with Crippen LogP contribution in [0.2, 0.25) is 5.02 Å². The molecule has 1 heterocycles. The van der Waals surface area contributed by atoms with Gasteiger partial charge in [0.05, 0.1) is 6.10 Å². The van der Waals surface area contributed by atoms with Gasteiger partial charge in [0.15, 0.2) is 0 Å². The second-order valence-corrected chi connectivity index (χ2v) is 4.65. The van der Waals surface area contributed by atoms with Crippen molar-refractivity contribution in [1.82, 2.24) is 4.90 Å². The van der Waals surface area contributed by atoms with E-state index < -0.39 is 0 Å². The van der Waals surface area contributed by atoms with E-state index >= 15 is 0 Å². The van der Waals surface area contributed by atoms with E-state index in [1.165, 1.54) is 6.08 Å². The minimum absolute atomic E-state index is 0.0769. The quantitative estimate of drug-likeness (QED) is 0.816. The molecule has 2 rings (SSSR count). The van der Waals surface area contributed by atoms with Gasteiger partial charge in [-0.1, -0.05) is 23.7 Å². The molecule has 0 unspecified atom stereocenters. The number of carbonyl (C=O) groups excluding carboxylic acids is 1. The number of benzene rings is 1. The van der Waals surface area contributed by atoms with Crippen molar-refractivity contribution in [3.8, 4) is 0 Å². The fourth-order valence-corrected chi connectivity index (χ4v) is 1.81. The molecule has 17 heavy (non-hydrogen) atoms. The summed E-state index contributed by atoms with van der Waals surface area (Å²) in [5, 5.41) is 9.78. The summed E-state index contributed by atoms with van der Waals surface area (Å²) in [6.07, 6.45) is 2.88. The van der Waals surface area contributed by atoms with Crippen molar-refractivity contribution in [3.05, 3.63) is 40.4 Å². The highest BCUT2D eigenvalue weighted by Gasteiger charge is 2.26. The van der Waals surface area contributed by atoms with Gasteiger partial charge in [0, 0.05) is 24.2 Å². The number of likely N-dealkylation sites (tertiary alicyclic amines) is 1. The number of hydrogen-bond acceptors (Lipinski definition) is 2. The Kier molecular flexibility index (Phi) is 3.50. The summed E-state index contributed by atoms with van der Waals surface area (Å²) in [7, 11) is 0. The highest BCUT2D eigenvalue weighted by molar-refractivity contribution is 6.31. The first kappa shape index (κ1) is 12.1. The second-order valence-electron chi connectivity index (χ2n) is 4.24. The smallest absolute Gasteiger partial charge is 0.246 e. The third-order valence-electron chi connectivity index (χ3n) is 2.79. The number of carbonyl (C=O) groups is 1. The lowest BCUT2D eigenvalue weighted by Gasteiger charge is -2.34. The normalized spacial score (nSPS) is 16.3. The molecule has 90 valence electrons. The summed E-state index contributed by atoms with van der Waals surface area (Å²) >= 11 is 5.99. The van der Waals surface area contributed by atoms with Crippen LogP contribution >= 0.6 is 11.6 Å². The monoisotopic (exact) mass is 251 g/mol. The van der Waals surface area contributed by atoms with Crippen LogP contribution in [-0.2, 0) is 4.79 Å². The number of halogens is 1.